The number of ether oxygens (including phenoxy) is 1. The van der Waals surface area contributed by atoms with Crippen LogP contribution in [0, 0.1) is 0 Å². The predicted molar refractivity (Wildman–Crippen MR) is 139 cm³/mol. The van der Waals surface area contributed by atoms with Gasteiger partial charge in [-0.25, -0.2) is 4.98 Å². The summed E-state index contributed by atoms with van der Waals surface area (Å²) in [6, 6.07) is 15.8. The number of H-pyrrole nitrogens is 2. The summed E-state index contributed by atoms with van der Waals surface area (Å²) in [4.78, 5) is 23.7. The molecule has 6 aromatic rings. The van der Waals surface area contributed by atoms with Gasteiger partial charge in [0, 0.05) is 36.1 Å². The molecule has 9 heteroatoms. The van der Waals surface area contributed by atoms with Crippen LogP contribution in [0.15, 0.2) is 73.3 Å². The molecule has 0 aliphatic rings. The minimum absolute atomic E-state index is 0.602. The van der Waals surface area contributed by atoms with Crippen LogP contribution >= 0.6 is 0 Å². The molecule has 1 aromatic carbocycles. The van der Waals surface area contributed by atoms with Crippen molar-refractivity contribution in [3.8, 4) is 39.8 Å². The summed E-state index contributed by atoms with van der Waals surface area (Å²) in [6.45, 7) is 1.44. The third-order valence-corrected chi connectivity index (χ3v) is 5.95. The van der Waals surface area contributed by atoms with Crippen LogP contribution in [0.5, 0.6) is 5.75 Å². The molecule has 0 radical (unpaired) electrons. The highest BCUT2D eigenvalue weighted by molar-refractivity contribution is 5.97. The Morgan fingerprint density at radius 2 is 1.83 bits per heavy atom. The molecule has 2 N–H and O–H groups in total. The van der Waals surface area contributed by atoms with E-state index in [1.54, 1.807) is 18.6 Å². The zero-order chi connectivity index (χ0) is 24.5. The Bertz CT molecular complexity index is 1660. The van der Waals surface area contributed by atoms with E-state index >= 15 is 0 Å². The normalized spacial score (nSPS) is 11.5. The summed E-state index contributed by atoms with van der Waals surface area (Å²) in [6.07, 6.45) is 7.09. The van der Waals surface area contributed by atoms with Gasteiger partial charge in [0.2, 0.25) is 0 Å². The van der Waals surface area contributed by atoms with Crippen molar-refractivity contribution in [2.45, 2.75) is 0 Å². The second-order valence-electron chi connectivity index (χ2n) is 8.75. The number of imidazole rings is 1. The number of hydrogen-bond acceptors (Lipinski definition) is 7. The van der Waals surface area contributed by atoms with Crippen LogP contribution in [0.25, 0.3) is 56.0 Å². The van der Waals surface area contributed by atoms with Crippen molar-refractivity contribution >= 4 is 21.9 Å². The molecule has 0 unspecified atom stereocenters. The fraction of sp³-hybridized carbons (Fsp3) is 0.148. The number of pyridine rings is 3. The number of nitrogens with one attached hydrogen (secondary N) is 2. The number of aromatic nitrogens is 7. The lowest BCUT2D eigenvalue weighted by Gasteiger charge is -2.11. The lowest BCUT2D eigenvalue weighted by molar-refractivity contribution is 0.261. The Balaban J connectivity index is 1.38. The van der Waals surface area contributed by atoms with Crippen molar-refractivity contribution < 1.29 is 4.74 Å². The summed E-state index contributed by atoms with van der Waals surface area (Å²) in [7, 11) is 4.04. The summed E-state index contributed by atoms with van der Waals surface area (Å²) in [5.41, 5.74) is 6.78. The quantitative estimate of drug-likeness (QED) is 0.348. The molecule has 0 aliphatic carbocycles. The minimum Gasteiger partial charge on any atom is -0.491 e. The molecule has 0 fully saturated rings. The molecule has 0 amide bonds. The Kier molecular flexibility index (Phi) is 5.59. The molecule has 0 saturated carbocycles. The van der Waals surface area contributed by atoms with E-state index in [1.807, 2.05) is 62.8 Å². The van der Waals surface area contributed by atoms with Gasteiger partial charge in [0.1, 0.15) is 29.3 Å². The molecule has 6 rings (SSSR count). The van der Waals surface area contributed by atoms with Crippen LogP contribution in [0.4, 0.5) is 0 Å². The average molecular weight is 477 g/mol. The van der Waals surface area contributed by atoms with E-state index in [-0.39, 0.29) is 0 Å². The number of aromatic amines is 2. The number of rotatable bonds is 7. The van der Waals surface area contributed by atoms with Gasteiger partial charge in [-0.1, -0.05) is 12.1 Å². The predicted octanol–water partition coefficient (Wildman–Crippen LogP) is 4.57. The van der Waals surface area contributed by atoms with Crippen molar-refractivity contribution in [1.29, 1.82) is 0 Å². The second kappa shape index (κ2) is 9.20. The van der Waals surface area contributed by atoms with Crippen LogP contribution in [-0.4, -0.2) is 67.3 Å². The molecule has 5 aromatic heterocycles. The Hall–Kier alpha value is -4.63. The van der Waals surface area contributed by atoms with E-state index < -0.39 is 0 Å². The van der Waals surface area contributed by atoms with Crippen LogP contribution in [0.3, 0.4) is 0 Å². The maximum Gasteiger partial charge on any atom is 0.159 e. The highest BCUT2D eigenvalue weighted by Crippen LogP contribution is 2.32. The monoisotopic (exact) mass is 476 g/mol. The van der Waals surface area contributed by atoms with E-state index in [0.29, 0.717) is 12.4 Å². The van der Waals surface area contributed by atoms with E-state index in [2.05, 4.69) is 41.1 Å². The lowest BCUT2D eigenvalue weighted by Crippen LogP contribution is -2.19. The van der Waals surface area contributed by atoms with Gasteiger partial charge >= 0.3 is 0 Å². The van der Waals surface area contributed by atoms with Crippen molar-refractivity contribution in [1.82, 2.24) is 40.0 Å². The van der Waals surface area contributed by atoms with Crippen LogP contribution in [0.2, 0.25) is 0 Å². The fourth-order valence-electron chi connectivity index (χ4n) is 4.11. The second-order valence-corrected chi connectivity index (χ2v) is 8.75. The summed E-state index contributed by atoms with van der Waals surface area (Å²) in [5.74, 6) is 1.41. The SMILES string of the molecule is CN(C)CCOc1cncc(-c2ccc3[nH]nc(-c4nc5c(-c6ccccn6)nccc5[nH]4)c3c2)c1. The van der Waals surface area contributed by atoms with E-state index in [4.69, 9.17) is 9.72 Å². The van der Waals surface area contributed by atoms with E-state index in [1.165, 1.54) is 0 Å². The number of benzene rings is 1. The van der Waals surface area contributed by atoms with Gasteiger partial charge in [0.05, 0.1) is 22.9 Å². The Labute approximate surface area is 207 Å². The molecular weight excluding hydrogens is 452 g/mol. The summed E-state index contributed by atoms with van der Waals surface area (Å²) >= 11 is 0. The van der Waals surface area contributed by atoms with Gasteiger partial charge in [-0.15, -0.1) is 0 Å². The van der Waals surface area contributed by atoms with Gasteiger partial charge in [-0.05, 0) is 56.1 Å². The lowest BCUT2D eigenvalue weighted by atomic mass is 10.0. The number of hydrogen-bond donors (Lipinski definition) is 2. The van der Waals surface area contributed by atoms with E-state index in [9.17, 15) is 0 Å². The van der Waals surface area contributed by atoms with Crippen LogP contribution in [0.1, 0.15) is 0 Å². The van der Waals surface area contributed by atoms with Gasteiger partial charge in [0.15, 0.2) is 5.82 Å². The number of nitrogens with zero attached hydrogens (tertiary/aromatic N) is 6. The number of fused-ring (bicyclic) bond motifs is 2. The highest BCUT2D eigenvalue weighted by atomic mass is 16.5. The first-order chi connectivity index (χ1) is 17.7. The third-order valence-electron chi connectivity index (χ3n) is 5.95. The van der Waals surface area contributed by atoms with Crippen molar-refractivity contribution in [2.24, 2.45) is 0 Å². The van der Waals surface area contributed by atoms with Gasteiger partial charge in [-0.3, -0.25) is 20.1 Å². The molecule has 36 heavy (non-hydrogen) atoms. The maximum absolute atomic E-state index is 5.88. The molecule has 0 aliphatic heterocycles. The van der Waals surface area contributed by atoms with Crippen molar-refractivity contribution in [3.05, 3.63) is 73.3 Å². The molecule has 5 heterocycles. The summed E-state index contributed by atoms with van der Waals surface area (Å²) < 4.78 is 5.88. The maximum atomic E-state index is 5.88. The molecule has 0 saturated heterocycles. The Morgan fingerprint density at radius 1 is 0.889 bits per heavy atom. The zero-order valence-corrected chi connectivity index (χ0v) is 19.9. The van der Waals surface area contributed by atoms with Gasteiger partial charge in [0.25, 0.3) is 0 Å². The van der Waals surface area contributed by atoms with Crippen LogP contribution in [-0.2, 0) is 0 Å². The van der Waals surface area contributed by atoms with Crippen LogP contribution < -0.4 is 4.74 Å². The first-order valence-electron chi connectivity index (χ1n) is 11.6. The average Bonchev–Trinajstić information content (AvgIpc) is 3.53. The van der Waals surface area contributed by atoms with Crippen molar-refractivity contribution in [2.75, 3.05) is 27.2 Å². The first kappa shape index (κ1) is 21.9. The molecule has 0 spiro atoms. The number of likely N-dealkylation sites (N-methyl/N-ethyl adjacent to an activating group) is 1. The van der Waals surface area contributed by atoms with E-state index in [0.717, 1.165) is 62.4 Å². The zero-order valence-electron chi connectivity index (χ0n) is 19.9. The summed E-state index contributed by atoms with van der Waals surface area (Å²) in [5, 5.41) is 8.65. The third kappa shape index (κ3) is 4.16. The minimum atomic E-state index is 0.602. The first-order valence-corrected chi connectivity index (χ1v) is 11.6. The highest BCUT2D eigenvalue weighted by Gasteiger charge is 2.17. The van der Waals surface area contributed by atoms with Gasteiger partial charge in [-0.2, -0.15) is 5.10 Å². The molecule has 0 atom stereocenters. The molecule has 9 nitrogen and oxygen atoms in total. The van der Waals surface area contributed by atoms with Crippen molar-refractivity contribution in [3.63, 3.8) is 0 Å². The van der Waals surface area contributed by atoms with Gasteiger partial charge < -0.3 is 14.6 Å². The molecule has 0 bridgehead atoms. The largest absolute Gasteiger partial charge is 0.491 e. The topological polar surface area (TPSA) is 108 Å². The fourth-order valence-corrected chi connectivity index (χ4v) is 4.11. The molecule has 178 valence electrons. The smallest absolute Gasteiger partial charge is 0.159 e. The standard InChI is InChI=1S/C27H24N8O/c1-35(2)11-12-36-19-13-18(15-28-16-19)17-6-7-21-20(14-17)24(34-33-21)27-31-23-8-10-30-25(26(23)32-27)22-5-3-4-9-29-22/h3-10,13-16H,11-12H2,1-2H3,(H,31,32)(H,33,34). The Morgan fingerprint density at radius 3 is 2.69 bits per heavy atom. The molecular formula is C27H24N8O.